The number of carbonyl (C=O) groups is 1. The molecule has 2 N–H and O–H groups in total. The molecule has 6 nitrogen and oxygen atoms in total. The molecule has 0 saturated carbocycles. The van der Waals surface area contributed by atoms with Gasteiger partial charge in [-0.15, -0.1) is 11.3 Å². The third-order valence-corrected chi connectivity index (χ3v) is 5.43. The van der Waals surface area contributed by atoms with Crippen molar-refractivity contribution in [2.45, 2.75) is 13.5 Å². The average Bonchev–Trinajstić information content (AvgIpc) is 3.38. The van der Waals surface area contributed by atoms with Crippen molar-refractivity contribution in [3.63, 3.8) is 0 Å². The highest BCUT2D eigenvalue weighted by Gasteiger charge is 2.21. The van der Waals surface area contributed by atoms with Gasteiger partial charge in [0.1, 0.15) is 11.0 Å². The van der Waals surface area contributed by atoms with E-state index in [1.165, 1.54) is 16.8 Å². The van der Waals surface area contributed by atoms with Gasteiger partial charge in [0.15, 0.2) is 5.82 Å². The molecule has 0 radical (unpaired) electrons. The van der Waals surface area contributed by atoms with Crippen LogP contribution < -0.4 is 5.32 Å². The number of amides is 1. The van der Waals surface area contributed by atoms with E-state index in [0.29, 0.717) is 18.1 Å². The van der Waals surface area contributed by atoms with Crippen molar-refractivity contribution in [3.05, 3.63) is 75.6 Å². The number of nitrogens with one attached hydrogen (secondary N) is 2. The zero-order valence-electron chi connectivity index (χ0n) is 14.7. The van der Waals surface area contributed by atoms with Crippen LogP contribution in [0.2, 0.25) is 5.15 Å². The Morgan fingerprint density at radius 1 is 1.32 bits per heavy atom. The molecule has 0 spiro atoms. The summed E-state index contributed by atoms with van der Waals surface area (Å²) in [4.78, 5) is 13.7. The summed E-state index contributed by atoms with van der Waals surface area (Å²) in [5, 5.41) is 16.3. The van der Waals surface area contributed by atoms with Gasteiger partial charge in [-0.05, 0) is 36.1 Å². The van der Waals surface area contributed by atoms with Crippen molar-refractivity contribution < 1.29 is 9.18 Å². The van der Waals surface area contributed by atoms with Gasteiger partial charge in [-0.3, -0.25) is 9.89 Å². The molecule has 4 rings (SSSR count). The summed E-state index contributed by atoms with van der Waals surface area (Å²) in [5.74, 6) is -0.306. The summed E-state index contributed by atoms with van der Waals surface area (Å²) >= 11 is 7.97. The van der Waals surface area contributed by atoms with Gasteiger partial charge in [-0.25, -0.2) is 9.07 Å². The Bertz CT molecular complexity index is 1120. The van der Waals surface area contributed by atoms with Crippen molar-refractivity contribution in [1.82, 2.24) is 20.0 Å². The highest BCUT2D eigenvalue weighted by atomic mass is 35.5. The van der Waals surface area contributed by atoms with Crippen molar-refractivity contribution >= 4 is 34.7 Å². The molecule has 0 fully saturated rings. The van der Waals surface area contributed by atoms with Crippen molar-refractivity contribution in [2.24, 2.45) is 0 Å². The largest absolute Gasteiger partial charge is 0.305 e. The van der Waals surface area contributed by atoms with Crippen LogP contribution in [0.15, 0.2) is 47.8 Å². The van der Waals surface area contributed by atoms with E-state index in [1.807, 2.05) is 17.5 Å². The third-order valence-electron chi connectivity index (χ3n) is 4.14. The molecule has 1 amide bonds. The number of carbonyl (C=O) groups excluding carboxylic acids is 1. The fourth-order valence-corrected chi connectivity index (χ4v) is 3.81. The molecule has 0 bridgehead atoms. The first-order valence-electron chi connectivity index (χ1n) is 8.39. The predicted octanol–water partition coefficient (Wildman–Crippen LogP) is 4.74. The number of aromatic nitrogens is 4. The lowest BCUT2D eigenvalue weighted by Crippen LogP contribution is -2.13. The number of halogens is 2. The Labute approximate surface area is 169 Å². The van der Waals surface area contributed by atoms with Crippen LogP contribution in [0.25, 0.3) is 10.6 Å². The van der Waals surface area contributed by atoms with Gasteiger partial charge in [0.25, 0.3) is 5.91 Å². The Morgan fingerprint density at radius 2 is 2.11 bits per heavy atom. The van der Waals surface area contributed by atoms with E-state index < -0.39 is 5.91 Å². The quantitative estimate of drug-likeness (QED) is 0.494. The summed E-state index contributed by atoms with van der Waals surface area (Å²) in [5.41, 5.74) is 2.42. The van der Waals surface area contributed by atoms with E-state index in [1.54, 1.807) is 36.5 Å². The molecule has 1 aromatic carbocycles. The van der Waals surface area contributed by atoms with Crippen LogP contribution in [0.3, 0.4) is 0 Å². The number of anilines is 1. The average molecular weight is 416 g/mol. The van der Waals surface area contributed by atoms with Gasteiger partial charge in [0.05, 0.1) is 28.4 Å². The Morgan fingerprint density at radius 3 is 2.82 bits per heavy atom. The summed E-state index contributed by atoms with van der Waals surface area (Å²) in [7, 11) is 0. The van der Waals surface area contributed by atoms with Gasteiger partial charge in [0, 0.05) is 6.07 Å². The maximum Gasteiger partial charge on any atom is 0.261 e. The summed E-state index contributed by atoms with van der Waals surface area (Å²) in [6, 6.07) is 11.7. The highest BCUT2D eigenvalue weighted by molar-refractivity contribution is 7.13. The summed E-state index contributed by atoms with van der Waals surface area (Å²) in [6.07, 6.45) is 0. The smallest absolute Gasteiger partial charge is 0.261 e. The fourth-order valence-electron chi connectivity index (χ4n) is 2.80. The minimum absolute atomic E-state index is 0.216. The second-order valence-electron chi connectivity index (χ2n) is 6.13. The number of aromatic amines is 1. The number of rotatable bonds is 5. The Balaban J connectivity index is 1.53. The second-order valence-corrected chi connectivity index (χ2v) is 7.44. The number of aryl methyl sites for hydroxylation is 1. The van der Waals surface area contributed by atoms with Crippen LogP contribution in [0.4, 0.5) is 10.2 Å². The molecule has 28 heavy (non-hydrogen) atoms. The predicted molar refractivity (Wildman–Crippen MR) is 107 cm³/mol. The van der Waals surface area contributed by atoms with E-state index in [-0.39, 0.29) is 16.5 Å². The molecule has 9 heteroatoms. The molecule has 0 unspecified atom stereocenters. The van der Waals surface area contributed by atoms with Gasteiger partial charge in [-0.2, -0.15) is 10.2 Å². The molecule has 0 aliphatic rings. The standard InChI is InChI=1S/C19H15ClFN5OS/c1-11-17(18(20)26(25-11)10-12-4-6-13(21)7-5-12)19(27)22-16-9-14(23-24-16)15-3-2-8-28-15/h2-9H,10H2,1H3,(H2,22,23,24,27). The van der Waals surface area contributed by atoms with Crippen LogP contribution >= 0.6 is 22.9 Å². The number of H-pyrrole nitrogens is 1. The Hall–Kier alpha value is -2.97. The molecule has 0 aliphatic heterocycles. The lowest BCUT2D eigenvalue weighted by atomic mass is 10.2. The van der Waals surface area contributed by atoms with Gasteiger partial charge in [-0.1, -0.05) is 29.8 Å². The number of nitrogens with zero attached hydrogens (tertiary/aromatic N) is 3. The molecule has 0 atom stereocenters. The first-order valence-corrected chi connectivity index (χ1v) is 9.65. The second kappa shape index (κ2) is 7.57. The van der Waals surface area contributed by atoms with Gasteiger partial charge < -0.3 is 5.32 Å². The highest BCUT2D eigenvalue weighted by Crippen LogP contribution is 2.26. The van der Waals surface area contributed by atoms with Crippen LogP contribution in [-0.2, 0) is 6.54 Å². The van der Waals surface area contributed by atoms with E-state index in [4.69, 9.17) is 11.6 Å². The summed E-state index contributed by atoms with van der Waals surface area (Å²) in [6.45, 7) is 2.04. The molecule has 0 aliphatic carbocycles. The monoisotopic (exact) mass is 415 g/mol. The van der Waals surface area contributed by atoms with Gasteiger partial charge in [0.2, 0.25) is 0 Å². The normalized spacial score (nSPS) is 11.0. The number of benzene rings is 1. The summed E-state index contributed by atoms with van der Waals surface area (Å²) < 4.78 is 14.6. The zero-order chi connectivity index (χ0) is 19.7. The van der Waals surface area contributed by atoms with Gasteiger partial charge >= 0.3 is 0 Å². The maximum absolute atomic E-state index is 13.1. The first kappa shape index (κ1) is 18.4. The molecular weight excluding hydrogens is 401 g/mol. The van der Waals surface area contributed by atoms with Crippen LogP contribution in [0.1, 0.15) is 21.6 Å². The van der Waals surface area contributed by atoms with Crippen LogP contribution in [0.5, 0.6) is 0 Å². The minimum Gasteiger partial charge on any atom is -0.305 e. The lowest BCUT2D eigenvalue weighted by molar-refractivity contribution is 0.102. The third kappa shape index (κ3) is 3.69. The lowest BCUT2D eigenvalue weighted by Gasteiger charge is -2.04. The molecule has 3 aromatic heterocycles. The topological polar surface area (TPSA) is 75.6 Å². The van der Waals surface area contributed by atoms with E-state index in [2.05, 4.69) is 20.6 Å². The first-order chi connectivity index (χ1) is 13.5. The van der Waals surface area contributed by atoms with Crippen LogP contribution in [0, 0.1) is 12.7 Å². The van der Waals surface area contributed by atoms with Crippen molar-refractivity contribution in [1.29, 1.82) is 0 Å². The molecule has 142 valence electrons. The fraction of sp³-hybridized carbons (Fsp3) is 0.105. The van der Waals surface area contributed by atoms with E-state index in [9.17, 15) is 9.18 Å². The van der Waals surface area contributed by atoms with Crippen molar-refractivity contribution in [2.75, 3.05) is 5.32 Å². The number of hydrogen-bond acceptors (Lipinski definition) is 4. The molecule has 4 aromatic rings. The number of thiophene rings is 1. The van der Waals surface area contributed by atoms with Crippen LogP contribution in [-0.4, -0.2) is 25.9 Å². The number of hydrogen-bond donors (Lipinski definition) is 2. The SMILES string of the molecule is Cc1nn(Cc2ccc(F)cc2)c(Cl)c1C(=O)Nc1cc(-c2cccs2)[nH]n1. The molecule has 3 heterocycles. The van der Waals surface area contributed by atoms with Crippen molar-refractivity contribution in [3.8, 4) is 10.6 Å². The minimum atomic E-state index is -0.392. The zero-order valence-corrected chi connectivity index (χ0v) is 16.3. The maximum atomic E-state index is 13.1. The molecule has 0 saturated heterocycles. The molecular formula is C19H15ClFN5OS. The van der Waals surface area contributed by atoms with E-state index >= 15 is 0 Å². The Kier molecular flexibility index (Phi) is 4.97. The van der Waals surface area contributed by atoms with E-state index in [0.717, 1.165) is 16.1 Å².